The first-order chi connectivity index (χ1) is 9.56. The lowest BCUT2D eigenvalue weighted by Gasteiger charge is -2.41. The molecule has 0 aromatic heterocycles. The molecule has 1 aromatic carbocycles. The first kappa shape index (κ1) is 13.4. The second-order valence-electron chi connectivity index (χ2n) is 5.78. The fraction of sp³-hybridized carbons (Fsp3) is 0.533. The summed E-state index contributed by atoms with van der Waals surface area (Å²) >= 11 is 0. The summed E-state index contributed by atoms with van der Waals surface area (Å²) in [6, 6.07) is 5.35. The Morgan fingerprint density at radius 2 is 2.10 bits per heavy atom. The number of ketones is 1. The van der Waals surface area contributed by atoms with Crippen LogP contribution in [0, 0.1) is 0 Å². The maximum Gasteiger partial charge on any atom is 0.231 e. The monoisotopic (exact) mass is 277 g/mol. The number of morpholine rings is 1. The zero-order chi connectivity index (χ0) is 14.2. The molecule has 5 heteroatoms. The normalized spacial score (nSPS) is 20.9. The Kier molecular flexibility index (Phi) is 3.40. The molecule has 2 aliphatic rings. The molecule has 1 aromatic rings. The van der Waals surface area contributed by atoms with Gasteiger partial charge in [-0.3, -0.25) is 9.69 Å². The Labute approximate surface area is 118 Å². The number of nitrogens with zero attached hydrogens (tertiary/aromatic N) is 1. The third kappa shape index (κ3) is 2.51. The van der Waals surface area contributed by atoms with Gasteiger partial charge in [-0.2, -0.15) is 0 Å². The predicted octanol–water partition coefficient (Wildman–Crippen LogP) is 1.71. The Hall–Kier alpha value is -1.59. The van der Waals surface area contributed by atoms with Crippen LogP contribution in [-0.2, 0) is 4.74 Å². The Bertz CT molecular complexity index is 527. The molecule has 0 bridgehead atoms. The molecule has 0 spiro atoms. The van der Waals surface area contributed by atoms with Crippen LogP contribution in [0.1, 0.15) is 24.2 Å². The first-order valence-electron chi connectivity index (χ1n) is 6.82. The van der Waals surface area contributed by atoms with Crippen molar-refractivity contribution in [2.75, 3.05) is 33.1 Å². The minimum absolute atomic E-state index is 0.0956. The summed E-state index contributed by atoms with van der Waals surface area (Å²) < 4.78 is 16.0. The van der Waals surface area contributed by atoms with E-state index in [4.69, 9.17) is 14.2 Å². The van der Waals surface area contributed by atoms with E-state index in [2.05, 4.69) is 18.7 Å². The van der Waals surface area contributed by atoms with E-state index in [-0.39, 0.29) is 18.1 Å². The van der Waals surface area contributed by atoms with E-state index in [1.807, 2.05) is 0 Å². The number of ether oxygens (including phenoxy) is 3. The summed E-state index contributed by atoms with van der Waals surface area (Å²) in [7, 11) is 0. The van der Waals surface area contributed by atoms with E-state index < -0.39 is 0 Å². The van der Waals surface area contributed by atoms with Gasteiger partial charge in [0.2, 0.25) is 6.79 Å². The molecule has 0 N–H and O–H groups in total. The van der Waals surface area contributed by atoms with E-state index in [1.54, 1.807) is 18.2 Å². The Morgan fingerprint density at radius 3 is 2.90 bits per heavy atom. The highest BCUT2D eigenvalue weighted by Gasteiger charge is 2.32. The van der Waals surface area contributed by atoms with E-state index in [0.717, 1.165) is 6.54 Å². The van der Waals surface area contributed by atoms with Crippen molar-refractivity contribution in [1.82, 2.24) is 4.90 Å². The maximum atomic E-state index is 12.4. The number of benzene rings is 1. The molecule has 5 nitrogen and oxygen atoms in total. The SMILES string of the molecule is CC1(C)COCCN1CC(=O)c1ccc2c(c1)OCO2. The van der Waals surface area contributed by atoms with Crippen molar-refractivity contribution < 1.29 is 19.0 Å². The summed E-state index contributed by atoms with van der Waals surface area (Å²) in [5.74, 6) is 1.45. The van der Waals surface area contributed by atoms with Crippen LogP contribution >= 0.6 is 0 Å². The van der Waals surface area contributed by atoms with Crippen LogP contribution in [0.2, 0.25) is 0 Å². The summed E-state index contributed by atoms with van der Waals surface area (Å²) in [5, 5.41) is 0. The average molecular weight is 277 g/mol. The molecular formula is C15H19NO4. The second-order valence-corrected chi connectivity index (χ2v) is 5.78. The smallest absolute Gasteiger partial charge is 0.231 e. The molecule has 0 radical (unpaired) electrons. The van der Waals surface area contributed by atoms with Gasteiger partial charge >= 0.3 is 0 Å². The Balaban J connectivity index is 1.73. The molecule has 0 amide bonds. The largest absolute Gasteiger partial charge is 0.454 e. The molecule has 2 aliphatic heterocycles. The van der Waals surface area contributed by atoms with E-state index in [0.29, 0.717) is 36.8 Å². The summed E-state index contributed by atoms with van der Waals surface area (Å²) in [6.45, 7) is 6.93. The standard InChI is InChI=1S/C15H19NO4/c1-15(2)9-18-6-5-16(15)8-12(17)11-3-4-13-14(7-11)20-10-19-13/h3-4,7H,5-6,8-10H2,1-2H3. The number of Topliss-reactive ketones (excluding diaryl/α,β-unsaturated/α-hetero) is 1. The molecule has 0 aliphatic carbocycles. The number of fused-ring (bicyclic) bond motifs is 1. The molecule has 2 heterocycles. The van der Waals surface area contributed by atoms with Gasteiger partial charge in [0, 0.05) is 17.6 Å². The van der Waals surface area contributed by atoms with Gasteiger partial charge in [0.05, 0.1) is 19.8 Å². The highest BCUT2D eigenvalue weighted by atomic mass is 16.7. The molecule has 20 heavy (non-hydrogen) atoms. The summed E-state index contributed by atoms with van der Waals surface area (Å²) in [6.07, 6.45) is 0. The summed E-state index contributed by atoms with van der Waals surface area (Å²) in [5.41, 5.74) is 0.557. The lowest BCUT2D eigenvalue weighted by Crippen LogP contribution is -2.54. The van der Waals surface area contributed by atoms with Gasteiger partial charge < -0.3 is 14.2 Å². The van der Waals surface area contributed by atoms with Gasteiger partial charge in [-0.05, 0) is 32.0 Å². The molecule has 108 valence electrons. The second kappa shape index (κ2) is 5.07. The van der Waals surface area contributed by atoms with Crippen LogP contribution in [0.5, 0.6) is 11.5 Å². The van der Waals surface area contributed by atoms with E-state index in [9.17, 15) is 4.79 Å². The molecule has 0 atom stereocenters. The Morgan fingerprint density at radius 1 is 1.30 bits per heavy atom. The minimum atomic E-state index is -0.107. The van der Waals surface area contributed by atoms with Crippen LogP contribution in [0.3, 0.4) is 0 Å². The molecule has 3 rings (SSSR count). The quantitative estimate of drug-likeness (QED) is 0.787. The predicted molar refractivity (Wildman–Crippen MR) is 73.4 cm³/mol. The third-order valence-corrected chi connectivity index (χ3v) is 3.85. The van der Waals surface area contributed by atoms with Crippen LogP contribution in [0.4, 0.5) is 0 Å². The zero-order valence-corrected chi connectivity index (χ0v) is 11.8. The van der Waals surface area contributed by atoms with Crippen molar-refractivity contribution in [2.45, 2.75) is 19.4 Å². The van der Waals surface area contributed by atoms with Crippen LogP contribution in [0.25, 0.3) is 0 Å². The lowest BCUT2D eigenvalue weighted by molar-refractivity contribution is -0.0467. The van der Waals surface area contributed by atoms with Crippen molar-refractivity contribution in [3.8, 4) is 11.5 Å². The summed E-state index contributed by atoms with van der Waals surface area (Å²) in [4.78, 5) is 14.6. The molecular weight excluding hydrogens is 258 g/mol. The van der Waals surface area contributed by atoms with Gasteiger partial charge in [0.1, 0.15) is 0 Å². The van der Waals surface area contributed by atoms with Crippen LogP contribution < -0.4 is 9.47 Å². The van der Waals surface area contributed by atoms with Crippen molar-refractivity contribution in [1.29, 1.82) is 0 Å². The highest BCUT2D eigenvalue weighted by Crippen LogP contribution is 2.32. The van der Waals surface area contributed by atoms with Gasteiger partial charge in [0.15, 0.2) is 17.3 Å². The topological polar surface area (TPSA) is 48.0 Å². The van der Waals surface area contributed by atoms with Crippen molar-refractivity contribution in [3.63, 3.8) is 0 Å². The van der Waals surface area contributed by atoms with Crippen molar-refractivity contribution in [2.24, 2.45) is 0 Å². The average Bonchev–Trinajstić information content (AvgIpc) is 2.88. The molecule has 1 saturated heterocycles. The van der Waals surface area contributed by atoms with Crippen molar-refractivity contribution in [3.05, 3.63) is 23.8 Å². The minimum Gasteiger partial charge on any atom is -0.454 e. The van der Waals surface area contributed by atoms with E-state index in [1.165, 1.54) is 0 Å². The van der Waals surface area contributed by atoms with Gasteiger partial charge in [0.25, 0.3) is 0 Å². The number of hydrogen-bond donors (Lipinski definition) is 0. The number of rotatable bonds is 3. The third-order valence-electron chi connectivity index (χ3n) is 3.85. The van der Waals surface area contributed by atoms with Crippen LogP contribution in [-0.4, -0.2) is 49.3 Å². The lowest BCUT2D eigenvalue weighted by atomic mass is 10.0. The fourth-order valence-electron chi connectivity index (χ4n) is 2.52. The van der Waals surface area contributed by atoms with Gasteiger partial charge in [-0.15, -0.1) is 0 Å². The van der Waals surface area contributed by atoms with Gasteiger partial charge in [-0.1, -0.05) is 0 Å². The fourth-order valence-corrected chi connectivity index (χ4v) is 2.52. The molecule has 1 fully saturated rings. The first-order valence-corrected chi connectivity index (χ1v) is 6.82. The van der Waals surface area contributed by atoms with Gasteiger partial charge in [-0.25, -0.2) is 0 Å². The number of carbonyl (C=O) groups excluding carboxylic acids is 1. The highest BCUT2D eigenvalue weighted by molar-refractivity contribution is 5.98. The maximum absolute atomic E-state index is 12.4. The number of hydrogen-bond acceptors (Lipinski definition) is 5. The number of carbonyl (C=O) groups is 1. The molecule has 0 unspecified atom stereocenters. The van der Waals surface area contributed by atoms with Crippen molar-refractivity contribution >= 4 is 5.78 Å². The van der Waals surface area contributed by atoms with Crippen LogP contribution in [0.15, 0.2) is 18.2 Å². The van der Waals surface area contributed by atoms with E-state index >= 15 is 0 Å². The zero-order valence-electron chi connectivity index (χ0n) is 11.8. The molecule has 0 saturated carbocycles.